The van der Waals surface area contributed by atoms with Crippen molar-refractivity contribution in [1.29, 1.82) is 0 Å². The van der Waals surface area contributed by atoms with E-state index in [4.69, 9.17) is 0 Å². The molecular weight excluding hydrogens is 435 g/mol. The molecule has 0 amide bonds. The summed E-state index contributed by atoms with van der Waals surface area (Å²) in [5.41, 5.74) is -6.51. The predicted octanol–water partition coefficient (Wildman–Crippen LogP) is 5.83. The van der Waals surface area contributed by atoms with Crippen LogP contribution in [0.1, 0.15) is 58.3 Å². The van der Waals surface area contributed by atoms with Gasteiger partial charge in [0.15, 0.2) is 0 Å². The molecule has 0 unspecified atom stereocenters. The first-order chi connectivity index (χ1) is 12.5. The second-order valence-electron chi connectivity index (χ2n) is 5.91. The molecule has 0 bridgehead atoms. The first kappa shape index (κ1) is 27.2. The van der Waals surface area contributed by atoms with Crippen molar-refractivity contribution in [2.24, 2.45) is 0 Å². The third-order valence-corrected chi connectivity index (χ3v) is 4.51. The fourth-order valence-corrected chi connectivity index (χ4v) is 2.41. The molecule has 0 aliphatic carbocycles. The van der Waals surface area contributed by atoms with Crippen molar-refractivity contribution in [3.63, 3.8) is 0 Å². The van der Waals surface area contributed by atoms with Gasteiger partial charge < -0.3 is 4.74 Å². The molecule has 0 saturated carbocycles. The van der Waals surface area contributed by atoms with E-state index in [0.717, 1.165) is 32.1 Å². The Morgan fingerprint density at radius 1 is 0.679 bits per heavy atom. The van der Waals surface area contributed by atoms with Crippen LogP contribution in [0.2, 0.25) is 0 Å². The third kappa shape index (κ3) is 7.58. The molecule has 0 aromatic heterocycles. The molecule has 0 rings (SSSR count). The van der Waals surface area contributed by atoms with E-state index in [-0.39, 0.29) is 12.8 Å². The summed E-state index contributed by atoms with van der Waals surface area (Å²) in [5.74, 6) is -6.68. The highest BCUT2D eigenvalue weighted by Gasteiger charge is 2.77. The predicted molar refractivity (Wildman–Crippen MR) is 79.5 cm³/mol. The van der Waals surface area contributed by atoms with Crippen LogP contribution in [-0.4, -0.2) is 38.7 Å². The van der Waals surface area contributed by atoms with Crippen LogP contribution in [0.25, 0.3) is 0 Å². The van der Waals surface area contributed by atoms with Gasteiger partial charge in [-0.3, -0.25) is 0 Å². The summed E-state index contributed by atoms with van der Waals surface area (Å²) in [6.07, 6.45) is -7.45. The van der Waals surface area contributed by atoms with Crippen LogP contribution in [0, 0.1) is 0 Å². The SMILES string of the molecule is CCCCCCCCCCOC(F)(F)C(F)(F)C(F)(F)OS(=O)(=O)C(F)(F)F. The zero-order valence-electron chi connectivity index (χ0n) is 14.8. The maximum atomic E-state index is 13.3. The van der Waals surface area contributed by atoms with Gasteiger partial charge in [-0.2, -0.15) is 52.1 Å². The van der Waals surface area contributed by atoms with Gasteiger partial charge in [0, 0.05) is 0 Å². The number of rotatable bonds is 14. The Labute approximate surface area is 156 Å². The van der Waals surface area contributed by atoms with Crippen molar-refractivity contribution >= 4 is 10.1 Å². The van der Waals surface area contributed by atoms with Crippen molar-refractivity contribution in [2.45, 2.75) is 81.9 Å². The van der Waals surface area contributed by atoms with Crippen LogP contribution in [-0.2, 0) is 19.0 Å². The van der Waals surface area contributed by atoms with Crippen molar-refractivity contribution in [2.75, 3.05) is 6.61 Å². The number of hydrogen-bond donors (Lipinski definition) is 0. The minimum absolute atomic E-state index is 0.202. The number of hydrogen-bond acceptors (Lipinski definition) is 4. The standard InChI is InChI=1S/C14H21F9O4S/c1-2-3-4-5-6-7-8-9-10-26-12(17,18)11(15,16)13(19,20)27-28(24,25)14(21,22)23/h2-10H2,1H3. The van der Waals surface area contributed by atoms with Crippen molar-refractivity contribution in [3.8, 4) is 0 Å². The topological polar surface area (TPSA) is 52.6 Å². The lowest BCUT2D eigenvalue weighted by Gasteiger charge is -2.31. The summed E-state index contributed by atoms with van der Waals surface area (Å²) in [5, 5.41) is 0. The van der Waals surface area contributed by atoms with Crippen LogP contribution < -0.4 is 0 Å². The molecule has 0 fully saturated rings. The summed E-state index contributed by atoms with van der Waals surface area (Å²) < 4.78 is 141. The number of unbranched alkanes of at least 4 members (excludes halogenated alkanes) is 7. The second-order valence-corrected chi connectivity index (χ2v) is 7.45. The van der Waals surface area contributed by atoms with E-state index in [2.05, 4.69) is 4.74 Å². The van der Waals surface area contributed by atoms with Gasteiger partial charge in [-0.1, -0.05) is 51.9 Å². The van der Waals surface area contributed by atoms with Gasteiger partial charge in [0.2, 0.25) is 0 Å². The lowest BCUT2D eigenvalue weighted by Crippen LogP contribution is -2.58. The Morgan fingerprint density at radius 3 is 1.54 bits per heavy atom. The quantitative estimate of drug-likeness (QED) is 0.143. The van der Waals surface area contributed by atoms with E-state index in [9.17, 15) is 47.9 Å². The van der Waals surface area contributed by atoms with Gasteiger partial charge in [-0.15, -0.1) is 0 Å². The van der Waals surface area contributed by atoms with Gasteiger partial charge in [0.1, 0.15) is 0 Å². The number of halogens is 9. The minimum Gasteiger partial charge on any atom is -0.315 e. The highest BCUT2D eigenvalue weighted by atomic mass is 32.2. The molecule has 28 heavy (non-hydrogen) atoms. The Morgan fingerprint density at radius 2 is 1.11 bits per heavy atom. The molecule has 0 aromatic rings. The summed E-state index contributed by atoms with van der Waals surface area (Å²) in [6.45, 7) is 0.903. The van der Waals surface area contributed by atoms with Crippen LogP contribution in [0.5, 0.6) is 0 Å². The maximum Gasteiger partial charge on any atom is 0.523 e. The van der Waals surface area contributed by atoms with Crippen LogP contribution in [0.4, 0.5) is 39.5 Å². The highest BCUT2D eigenvalue weighted by molar-refractivity contribution is 7.87. The van der Waals surface area contributed by atoms with Gasteiger partial charge >= 0.3 is 33.8 Å². The average Bonchev–Trinajstić information content (AvgIpc) is 2.50. The fourth-order valence-electron chi connectivity index (χ4n) is 1.93. The van der Waals surface area contributed by atoms with Gasteiger partial charge in [0.05, 0.1) is 6.61 Å². The van der Waals surface area contributed by atoms with Crippen molar-refractivity contribution in [1.82, 2.24) is 0 Å². The number of ether oxygens (including phenoxy) is 1. The molecule has 0 radical (unpaired) electrons. The van der Waals surface area contributed by atoms with Gasteiger partial charge in [-0.05, 0) is 6.42 Å². The van der Waals surface area contributed by atoms with E-state index in [1.807, 2.05) is 11.1 Å². The van der Waals surface area contributed by atoms with Crippen LogP contribution >= 0.6 is 0 Å². The van der Waals surface area contributed by atoms with Crippen molar-refractivity contribution < 1.29 is 56.9 Å². The Bertz CT molecular complexity index is 562. The average molecular weight is 456 g/mol. The molecule has 0 atom stereocenters. The zero-order chi connectivity index (χ0) is 22.3. The highest BCUT2D eigenvalue weighted by Crippen LogP contribution is 2.48. The zero-order valence-corrected chi connectivity index (χ0v) is 15.6. The Balaban J connectivity index is 4.69. The second kappa shape index (κ2) is 10.3. The maximum absolute atomic E-state index is 13.3. The third-order valence-electron chi connectivity index (χ3n) is 3.51. The van der Waals surface area contributed by atoms with Crippen LogP contribution in [0.3, 0.4) is 0 Å². The molecule has 0 saturated heterocycles. The van der Waals surface area contributed by atoms with E-state index < -0.39 is 40.4 Å². The molecule has 170 valence electrons. The largest absolute Gasteiger partial charge is 0.523 e. The Hall–Kier alpha value is -0.760. The summed E-state index contributed by atoms with van der Waals surface area (Å²) >= 11 is 0. The Kier molecular flexibility index (Phi) is 10.0. The monoisotopic (exact) mass is 456 g/mol. The molecule has 14 heteroatoms. The summed E-state index contributed by atoms with van der Waals surface area (Å²) in [4.78, 5) is 0. The molecule has 0 aliphatic rings. The van der Waals surface area contributed by atoms with E-state index in [1.165, 1.54) is 0 Å². The summed E-state index contributed by atoms with van der Waals surface area (Å²) in [7, 11) is -7.26. The molecule has 0 spiro atoms. The lowest BCUT2D eigenvalue weighted by atomic mass is 10.1. The van der Waals surface area contributed by atoms with E-state index >= 15 is 0 Å². The molecule has 0 aliphatic heterocycles. The first-order valence-electron chi connectivity index (χ1n) is 8.31. The van der Waals surface area contributed by atoms with Crippen molar-refractivity contribution in [3.05, 3.63) is 0 Å². The van der Waals surface area contributed by atoms with E-state index in [0.29, 0.717) is 6.42 Å². The van der Waals surface area contributed by atoms with Crippen LogP contribution in [0.15, 0.2) is 0 Å². The summed E-state index contributed by atoms with van der Waals surface area (Å²) in [6, 6.07) is 0. The van der Waals surface area contributed by atoms with Gasteiger partial charge in [-0.25, -0.2) is 0 Å². The molecule has 0 aromatic carbocycles. The minimum atomic E-state index is -7.26. The molecular formula is C14H21F9O4S. The molecule has 0 N–H and O–H groups in total. The smallest absolute Gasteiger partial charge is 0.315 e. The molecule has 0 heterocycles. The fraction of sp³-hybridized carbons (Fsp3) is 1.00. The lowest BCUT2D eigenvalue weighted by molar-refractivity contribution is -0.434. The number of alkyl halides is 9. The first-order valence-corrected chi connectivity index (χ1v) is 9.72. The normalized spacial score (nSPS) is 14.5. The molecule has 4 nitrogen and oxygen atoms in total. The van der Waals surface area contributed by atoms with Gasteiger partial charge in [0.25, 0.3) is 0 Å². The van der Waals surface area contributed by atoms with E-state index in [1.54, 1.807) is 0 Å².